The van der Waals surface area contributed by atoms with Crippen LogP contribution in [0.4, 0.5) is 4.79 Å². The topological polar surface area (TPSA) is 71.1 Å². The number of carbonyl (C=O) groups excluding carboxylic acids is 2. The fourth-order valence-corrected chi connectivity index (χ4v) is 4.38. The zero-order valence-electron chi connectivity index (χ0n) is 17.2. The van der Waals surface area contributed by atoms with E-state index in [0.717, 1.165) is 30.8 Å². The number of nitrogens with one attached hydrogen (secondary N) is 1. The minimum Gasteiger partial charge on any atom is -0.497 e. The molecular weight excluding hydrogens is 358 g/mol. The van der Waals surface area contributed by atoms with Crippen molar-refractivity contribution >= 4 is 11.9 Å². The highest BCUT2D eigenvalue weighted by atomic mass is 16.5. The molecule has 3 amide bonds. The number of rotatable bonds is 7. The second-order valence-electron chi connectivity index (χ2n) is 8.01. The van der Waals surface area contributed by atoms with Crippen LogP contribution in [0.1, 0.15) is 33.1 Å². The molecule has 2 aliphatic rings. The Hall–Kier alpha value is -2.28. The molecule has 0 bridgehead atoms. The summed E-state index contributed by atoms with van der Waals surface area (Å²) in [5.41, 5.74) is -0.740. The van der Waals surface area contributed by atoms with Crippen molar-refractivity contribution in [2.75, 3.05) is 34.0 Å². The van der Waals surface area contributed by atoms with Crippen LogP contribution in [0.5, 0.6) is 11.5 Å². The van der Waals surface area contributed by atoms with E-state index in [9.17, 15) is 9.59 Å². The lowest BCUT2D eigenvalue weighted by molar-refractivity contribution is -0.137. The average Bonchev–Trinajstić information content (AvgIpc) is 2.92. The lowest BCUT2D eigenvalue weighted by atomic mass is 9.67. The van der Waals surface area contributed by atoms with E-state index in [1.165, 1.54) is 4.90 Å². The van der Waals surface area contributed by atoms with Gasteiger partial charge in [-0.05, 0) is 56.0 Å². The largest absolute Gasteiger partial charge is 0.497 e. The van der Waals surface area contributed by atoms with Gasteiger partial charge in [-0.1, -0.05) is 20.3 Å². The quantitative estimate of drug-likeness (QED) is 0.726. The van der Waals surface area contributed by atoms with E-state index in [-0.39, 0.29) is 30.4 Å². The summed E-state index contributed by atoms with van der Waals surface area (Å²) < 4.78 is 10.9. The fourth-order valence-electron chi connectivity index (χ4n) is 4.38. The summed E-state index contributed by atoms with van der Waals surface area (Å²) in [6, 6.07) is 7.11. The number of hydrogen-bond acceptors (Lipinski definition) is 5. The summed E-state index contributed by atoms with van der Waals surface area (Å²) in [7, 11) is 3.51. The van der Waals surface area contributed by atoms with Crippen molar-refractivity contribution in [3.05, 3.63) is 24.3 Å². The van der Waals surface area contributed by atoms with Gasteiger partial charge in [-0.25, -0.2) is 9.69 Å². The molecule has 1 N–H and O–H groups in total. The van der Waals surface area contributed by atoms with Gasteiger partial charge in [0.15, 0.2) is 0 Å². The van der Waals surface area contributed by atoms with E-state index in [2.05, 4.69) is 19.2 Å². The molecular formula is C21H31N3O4. The van der Waals surface area contributed by atoms with Gasteiger partial charge in [0.1, 0.15) is 23.6 Å². The van der Waals surface area contributed by atoms with Crippen molar-refractivity contribution in [1.29, 1.82) is 0 Å². The molecule has 28 heavy (non-hydrogen) atoms. The highest BCUT2D eigenvalue weighted by molar-refractivity contribution is 6.07. The highest BCUT2D eigenvalue weighted by Crippen LogP contribution is 2.42. The summed E-state index contributed by atoms with van der Waals surface area (Å²) in [6.07, 6.45) is 3.04. The number of ether oxygens (including phenoxy) is 2. The predicted molar refractivity (Wildman–Crippen MR) is 106 cm³/mol. The maximum absolute atomic E-state index is 13.2. The zero-order chi connectivity index (χ0) is 20.3. The Morgan fingerprint density at radius 2 is 1.75 bits per heavy atom. The molecule has 1 saturated carbocycles. The first-order valence-electron chi connectivity index (χ1n) is 9.98. The summed E-state index contributed by atoms with van der Waals surface area (Å²) in [5.74, 6) is 1.76. The average molecular weight is 389 g/mol. The van der Waals surface area contributed by atoms with Gasteiger partial charge >= 0.3 is 6.03 Å². The monoisotopic (exact) mass is 389 g/mol. The molecule has 7 nitrogen and oxygen atoms in total. The van der Waals surface area contributed by atoms with Crippen molar-refractivity contribution in [3.63, 3.8) is 0 Å². The van der Waals surface area contributed by atoms with Crippen molar-refractivity contribution in [1.82, 2.24) is 15.1 Å². The van der Waals surface area contributed by atoms with Gasteiger partial charge in [0.05, 0.1) is 13.8 Å². The molecule has 1 heterocycles. The Labute approximate surface area is 167 Å². The Morgan fingerprint density at radius 3 is 2.36 bits per heavy atom. The second-order valence-corrected chi connectivity index (χ2v) is 8.01. The number of hydrogen-bond donors (Lipinski definition) is 1. The second kappa shape index (κ2) is 8.39. The maximum Gasteiger partial charge on any atom is 0.326 e. The molecule has 154 valence electrons. The van der Waals surface area contributed by atoms with Crippen molar-refractivity contribution in [2.45, 2.75) is 38.6 Å². The van der Waals surface area contributed by atoms with Crippen LogP contribution in [0.2, 0.25) is 0 Å². The summed E-state index contributed by atoms with van der Waals surface area (Å²) in [5, 5.41) is 3.03. The van der Waals surface area contributed by atoms with E-state index in [0.29, 0.717) is 13.2 Å². The van der Waals surface area contributed by atoms with Gasteiger partial charge in [-0.2, -0.15) is 0 Å². The molecule has 1 aliphatic carbocycles. The molecule has 0 aromatic heterocycles. The van der Waals surface area contributed by atoms with E-state index >= 15 is 0 Å². The third-order valence-corrected chi connectivity index (χ3v) is 6.17. The fraction of sp³-hybridized carbons (Fsp3) is 0.619. The number of urea groups is 1. The Balaban J connectivity index is 1.54. The van der Waals surface area contributed by atoms with Gasteiger partial charge in [0.2, 0.25) is 0 Å². The molecule has 0 radical (unpaired) electrons. The normalized spacial score (nSPS) is 27.4. The molecule has 1 aromatic rings. The minimum atomic E-state index is -0.740. The van der Waals surface area contributed by atoms with Crippen LogP contribution >= 0.6 is 0 Å². The third kappa shape index (κ3) is 3.81. The predicted octanol–water partition coefficient (Wildman–Crippen LogP) is 2.71. The lowest BCUT2D eigenvalue weighted by Crippen LogP contribution is -2.59. The summed E-state index contributed by atoms with van der Waals surface area (Å²) in [6.45, 7) is 5.47. The first-order chi connectivity index (χ1) is 13.4. The highest BCUT2D eigenvalue weighted by Gasteiger charge is 2.58. The molecule has 7 heteroatoms. The van der Waals surface area contributed by atoms with Gasteiger partial charge in [-0.15, -0.1) is 0 Å². The first kappa shape index (κ1) is 20.5. The van der Waals surface area contributed by atoms with Crippen LogP contribution in [0, 0.1) is 11.8 Å². The van der Waals surface area contributed by atoms with Crippen LogP contribution in [0.25, 0.3) is 0 Å². The number of benzene rings is 1. The number of nitrogens with zero attached hydrogens (tertiary/aromatic N) is 2. The molecule has 2 fully saturated rings. The number of amides is 3. The van der Waals surface area contributed by atoms with Crippen molar-refractivity contribution < 1.29 is 19.1 Å². The zero-order valence-corrected chi connectivity index (χ0v) is 17.2. The smallest absolute Gasteiger partial charge is 0.326 e. The van der Waals surface area contributed by atoms with Gasteiger partial charge in [0.25, 0.3) is 5.91 Å². The van der Waals surface area contributed by atoms with Crippen LogP contribution in [-0.2, 0) is 4.79 Å². The molecule has 1 spiro atoms. The molecule has 1 aromatic carbocycles. The summed E-state index contributed by atoms with van der Waals surface area (Å²) in [4.78, 5) is 29.0. The van der Waals surface area contributed by atoms with Gasteiger partial charge < -0.3 is 14.8 Å². The standard InChI is InChI=1S/C21H31N3O4/c1-15-6-5-7-16(2)21(15)19(25)24(20(26)22-21)14-23(3)12-13-28-18-10-8-17(27-4)9-11-18/h8-11,15-16H,5-7,12-14H2,1-4H3,(H,22,26)/t15-,16+,21?. The van der Waals surface area contributed by atoms with Gasteiger partial charge in [-0.3, -0.25) is 9.69 Å². The molecule has 1 saturated heterocycles. The number of likely N-dealkylation sites (N-methyl/N-ethyl adjacent to an activating group) is 1. The van der Waals surface area contributed by atoms with Crippen LogP contribution in [-0.4, -0.2) is 61.3 Å². The minimum absolute atomic E-state index is 0.0832. The SMILES string of the molecule is COc1ccc(OCCN(C)CN2C(=O)NC3(C2=O)[C@H](C)CCC[C@@H]3C)cc1. The van der Waals surface area contributed by atoms with Crippen LogP contribution in [0.3, 0.4) is 0 Å². The lowest BCUT2D eigenvalue weighted by Gasteiger charge is -2.42. The Kier molecular flexibility index (Phi) is 6.13. The number of methoxy groups -OCH3 is 1. The molecule has 1 aliphatic heterocycles. The van der Waals surface area contributed by atoms with E-state index in [4.69, 9.17) is 9.47 Å². The number of imide groups is 1. The van der Waals surface area contributed by atoms with Crippen molar-refractivity contribution in [3.8, 4) is 11.5 Å². The molecule has 1 unspecified atom stereocenters. The Bertz CT molecular complexity index is 696. The van der Waals surface area contributed by atoms with Crippen molar-refractivity contribution in [2.24, 2.45) is 11.8 Å². The van der Waals surface area contributed by atoms with Crippen LogP contribution < -0.4 is 14.8 Å². The Morgan fingerprint density at radius 1 is 1.14 bits per heavy atom. The van der Waals surface area contributed by atoms with E-state index < -0.39 is 5.54 Å². The van der Waals surface area contributed by atoms with E-state index in [1.807, 2.05) is 36.2 Å². The number of carbonyl (C=O) groups is 2. The molecule has 3 rings (SSSR count). The van der Waals surface area contributed by atoms with E-state index in [1.54, 1.807) is 7.11 Å². The maximum atomic E-state index is 13.2. The third-order valence-electron chi connectivity index (χ3n) is 6.17. The summed E-state index contributed by atoms with van der Waals surface area (Å²) >= 11 is 0. The van der Waals surface area contributed by atoms with Gasteiger partial charge in [0, 0.05) is 6.54 Å². The van der Waals surface area contributed by atoms with Crippen LogP contribution in [0.15, 0.2) is 24.3 Å². The molecule has 3 atom stereocenters. The first-order valence-corrected chi connectivity index (χ1v) is 9.98.